The molecule has 140 valence electrons. The lowest BCUT2D eigenvalue weighted by atomic mass is 9.94. The van der Waals surface area contributed by atoms with Crippen LogP contribution in [0.25, 0.3) is 0 Å². The van der Waals surface area contributed by atoms with E-state index in [0.717, 1.165) is 25.7 Å². The largest absolute Gasteiger partial charge is 0.352 e. The molecule has 1 heterocycles. The number of unbranched alkanes of at least 4 members (excludes halogenated alkanes) is 2. The van der Waals surface area contributed by atoms with E-state index in [1.807, 2.05) is 0 Å². The van der Waals surface area contributed by atoms with E-state index < -0.39 is 10.0 Å². The van der Waals surface area contributed by atoms with Gasteiger partial charge in [0, 0.05) is 25.2 Å². The van der Waals surface area contributed by atoms with E-state index in [0.29, 0.717) is 37.0 Å². The van der Waals surface area contributed by atoms with E-state index in [9.17, 15) is 13.2 Å². The highest BCUT2D eigenvalue weighted by molar-refractivity contribution is 7.89. The lowest BCUT2D eigenvalue weighted by Gasteiger charge is -2.34. The minimum Gasteiger partial charge on any atom is -0.352 e. The van der Waals surface area contributed by atoms with Crippen molar-refractivity contribution in [1.29, 1.82) is 0 Å². The van der Waals surface area contributed by atoms with E-state index in [4.69, 9.17) is 0 Å². The van der Waals surface area contributed by atoms with Gasteiger partial charge in [-0.25, -0.2) is 8.42 Å². The second-order valence-electron chi connectivity index (χ2n) is 7.26. The molecule has 1 aromatic rings. The molecule has 0 bridgehead atoms. The Morgan fingerprint density at radius 3 is 2.28 bits per heavy atom. The van der Waals surface area contributed by atoms with Crippen LogP contribution in [0.2, 0.25) is 0 Å². The average molecular weight is 367 g/mol. The number of carbonyl (C=O) groups excluding carboxylic acids is 1. The lowest BCUT2D eigenvalue weighted by Crippen LogP contribution is -2.42. The smallest absolute Gasteiger partial charge is 0.251 e. The van der Waals surface area contributed by atoms with E-state index in [-0.39, 0.29) is 10.8 Å². The van der Waals surface area contributed by atoms with E-state index in [2.05, 4.69) is 26.1 Å². The summed E-state index contributed by atoms with van der Waals surface area (Å²) in [5, 5.41) is 2.87. The topological polar surface area (TPSA) is 66.5 Å². The van der Waals surface area contributed by atoms with Gasteiger partial charge in [-0.3, -0.25) is 4.79 Å². The van der Waals surface area contributed by atoms with Crippen LogP contribution < -0.4 is 5.32 Å². The Morgan fingerprint density at radius 2 is 1.72 bits per heavy atom. The summed E-state index contributed by atoms with van der Waals surface area (Å²) >= 11 is 0. The van der Waals surface area contributed by atoms with E-state index >= 15 is 0 Å². The highest BCUT2D eigenvalue weighted by Crippen LogP contribution is 2.26. The SMILES string of the molecule is CCCCCNC(=O)c1ccc(S(=O)(=O)N2C[C@H](C)C[C@@H](C)C2)cc1. The summed E-state index contributed by atoms with van der Waals surface area (Å²) < 4.78 is 27.2. The molecule has 1 aliphatic rings. The van der Waals surface area contributed by atoms with Gasteiger partial charge in [-0.15, -0.1) is 0 Å². The minimum absolute atomic E-state index is 0.153. The minimum atomic E-state index is -3.49. The molecule has 2 rings (SSSR count). The second-order valence-corrected chi connectivity index (χ2v) is 9.19. The molecule has 0 unspecified atom stereocenters. The van der Waals surface area contributed by atoms with Gasteiger partial charge in [-0.05, 0) is 48.9 Å². The van der Waals surface area contributed by atoms with Gasteiger partial charge in [0.25, 0.3) is 5.91 Å². The zero-order chi connectivity index (χ0) is 18.4. The molecule has 1 fully saturated rings. The molecule has 0 aliphatic carbocycles. The molecule has 0 saturated carbocycles. The van der Waals surface area contributed by atoms with Gasteiger partial charge in [0.15, 0.2) is 0 Å². The van der Waals surface area contributed by atoms with Crippen LogP contribution in [0.3, 0.4) is 0 Å². The Kier molecular flexibility index (Phi) is 7.02. The third-order valence-electron chi connectivity index (χ3n) is 4.66. The lowest BCUT2D eigenvalue weighted by molar-refractivity contribution is 0.0953. The number of rotatable bonds is 7. The molecule has 1 aromatic carbocycles. The van der Waals surface area contributed by atoms with Crippen molar-refractivity contribution in [3.63, 3.8) is 0 Å². The number of sulfonamides is 1. The quantitative estimate of drug-likeness (QED) is 0.753. The van der Waals surface area contributed by atoms with Crippen molar-refractivity contribution in [1.82, 2.24) is 9.62 Å². The van der Waals surface area contributed by atoms with Gasteiger partial charge >= 0.3 is 0 Å². The van der Waals surface area contributed by atoms with Gasteiger partial charge in [-0.2, -0.15) is 4.31 Å². The molecule has 1 saturated heterocycles. The van der Waals surface area contributed by atoms with Crippen molar-refractivity contribution in [2.75, 3.05) is 19.6 Å². The van der Waals surface area contributed by atoms with Crippen LogP contribution in [0.4, 0.5) is 0 Å². The van der Waals surface area contributed by atoms with Crippen LogP contribution in [-0.4, -0.2) is 38.3 Å². The summed E-state index contributed by atoms with van der Waals surface area (Å²) in [7, 11) is -3.49. The molecule has 0 spiro atoms. The molecule has 25 heavy (non-hydrogen) atoms. The molecule has 1 aliphatic heterocycles. The van der Waals surface area contributed by atoms with Crippen LogP contribution in [0.15, 0.2) is 29.2 Å². The molecule has 2 atom stereocenters. The number of hydrogen-bond acceptors (Lipinski definition) is 3. The van der Waals surface area contributed by atoms with Gasteiger partial charge in [-0.1, -0.05) is 33.6 Å². The molecule has 0 radical (unpaired) electrons. The van der Waals surface area contributed by atoms with Crippen LogP contribution in [0.5, 0.6) is 0 Å². The number of hydrogen-bond donors (Lipinski definition) is 1. The Hall–Kier alpha value is -1.40. The third-order valence-corrected chi connectivity index (χ3v) is 6.50. The molecule has 1 N–H and O–H groups in total. The fourth-order valence-electron chi connectivity index (χ4n) is 3.41. The first-order chi connectivity index (χ1) is 11.8. The maximum Gasteiger partial charge on any atom is 0.251 e. The predicted molar refractivity (Wildman–Crippen MR) is 100 cm³/mol. The molecule has 1 amide bonds. The first-order valence-electron chi connectivity index (χ1n) is 9.23. The first-order valence-corrected chi connectivity index (χ1v) is 10.7. The summed E-state index contributed by atoms with van der Waals surface area (Å²) in [4.78, 5) is 12.3. The number of carbonyl (C=O) groups is 1. The maximum absolute atomic E-state index is 12.8. The third kappa shape index (κ3) is 5.28. The van der Waals surface area contributed by atoms with Gasteiger partial charge < -0.3 is 5.32 Å². The number of nitrogens with zero attached hydrogens (tertiary/aromatic N) is 1. The van der Waals surface area contributed by atoms with Gasteiger partial charge in [0.05, 0.1) is 4.90 Å². The average Bonchev–Trinajstić information content (AvgIpc) is 2.58. The molecular weight excluding hydrogens is 336 g/mol. The Labute approximate surface area is 151 Å². The molecule has 0 aromatic heterocycles. The number of amides is 1. The monoisotopic (exact) mass is 366 g/mol. The Bertz CT molecular complexity index is 660. The summed E-state index contributed by atoms with van der Waals surface area (Å²) in [5.74, 6) is 0.582. The normalized spacial score (nSPS) is 21.9. The molecule has 5 nitrogen and oxygen atoms in total. The summed E-state index contributed by atoms with van der Waals surface area (Å²) in [5.41, 5.74) is 0.496. The second kappa shape index (κ2) is 8.81. The zero-order valence-electron chi connectivity index (χ0n) is 15.5. The number of benzene rings is 1. The van der Waals surface area contributed by atoms with Gasteiger partial charge in [0.2, 0.25) is 10.0 Å². The fourth-order valence-corrected chi connectivity index (χ4v) is 5.09. The maximum atomic E-state index is 12.8. The standard InChI is InChI=1S/C19H30N2O3S/c1-4-5-6-11-20-19(22)17-7-9-18(10-8-17)25(23,24)21-13-15(2)12-16(3)14-21/h7-10,15-16H,4-6,11-14H2,1-3H3,(H,20,22)/t15-,16-/m1/s1. The van der Waals surface area contributed by atoms with E-state index in [1.165, 1.54) is 0 Å². The van der Waals surface area contributed by atoms with Crippen LogP contribution in [-0.2, 0) is 10.0 Å². The summed E-state index contributed by atoms with van der Waals surface area (Å²) in [6, 6.07) is 6.28. The van der Waals surface area contributed by atoms with Crippen LogP contribution in [0.1, 0.15) is 56.8 Å². The molecular formula is C19H30N2O3S. The van der Waals surface area contributed by atoms with Crippen molar-refractivity contribution in [3.05, 3.63) is 29.8 Å². The summed E-state index contributed by atoms with van der Waals surface area (Å²) in [6.45, 7) is 8.06. The fraction of sp³-hybridized carbons (Fsp3) is 0.632. The van der Waals surface area contributed by atoms with Crippen molar-refractivity contribution < 1.29 is 13.2 Å². The summed E-state index contributed by atoms with van der Waals surface area (Å²) in [6.07, 6.45) is 4.21. The van der Waals surface area contributed by atoms with Crippen molar-refractivity contribution in [2.45, 2.75) is 51.3 Å². The highest BCUT2D eigenvalue weighted by atomic mass is 32.2. The predicted octanol–water partition coefficient (Wildman–Crippen LogP) is 3.27. The van der Waals surface area contributed by atoms with Crippen molar-refractivity contribution in [3.8, 4) is 0 Å². The molecule has 6 heteroatoms. The Balaban J connectivity index is 2.04. The van der Waals surface area contributed by atoms with Crippen molar-refractivity contribution in [2.24, 2.45) is 11.8 Å². The number of nitrogens with one attached hydrogen (secondary N) is 1. The van der Waals surface area contributed by atoms with Crippen LogP contribution in [0, 0.1) is 11.8 Å². The Morgan fingerprint density at radius 1 is 1.12 bits per heavy atom. The van der Waals surface area contributed by atoms with Gasteiger partial charge in [0.1, 0.15) is 0 Å². The van der Waals surface area contributed by atoms with E-state index in [1.54, 1.807) is 28.6 Å². The highest BCUT2D eigenvalue weighted by Gasteiger charge is 2.31. The first kappa shape index (κ1) is 19.9. The zero-order valence-corrected chi connectivity index (χ0v) is 16.3. The number of piperidine rings is 1. The van der Waals surface area contributed by atoms with Crippen molar-refractivity contribution >= 4 is 15.9 Å². The van der Waals surface area contributed by atoms with Crippen LogP contribution >= 0.6 is 0 Å².